The highest BCUT2D eigenvalue weighted by Gasteiger charge is 2.17. The molecule has 0 fully saturated rings. The van der Waals surface area contributed by atoms with Gasteiger partial charge in [0.25, 0.3) is 0 Å². The van der Waals surface area contributed by atoms with E-state index in [1.807, 2.05) is 13.8 Å². The second-order valence-electron chi connectivity index (χ2n) is 4.40. The van der Waals surface area contributed by atoms with Gasteiger partial charge in [-0.15, -0.1) is 0 Å². The lowest BCUT2D eigenvalue weighted by atomic mass is 10.0. The molecule has 1 atom stereocenters. The standard InChI is InChI=1S/C13H18N2O2/c1-8(2)12(14)13(17)15-11-6-4-5-10(7-11)9(3)16/h4-8,12H,14H2,1-3H3,(H,15,17)/t12-/m1/s1. The van der Waals surface area contributed by atoms with Gasteiger partial charge in [0.15, 0.2) is 5.78 Å². The first-order valence-corrected chi connectivity index (χ1v) is 5.59. The molecule has 0 aromatic heterocycles. The van der Waals surface area contributed by atoms with Crippen LogP contribution in [0.1, 0.15) is 31.1 Å². The Morgan fingerprint density at radius 3 is 2.47 bits per heavy atom. The summed E-state index contributed by atoms with van der Waals surface area (Å²) in [6.07, 6.45) is 0. The summed E-state index contributed by atoms with van der Waals surface area (Å²) in [7, 11) is 0. The number of carbonyl (C=O) groups is 2. The number of hydrogen-bond acceptors (Lipinski definition) is 3. The number of Topliss-reactive ketones (excluding diaryl/α,β-unsaturated/α-hetero) is 1. The van der Waals surface area contributed by atoms with E-state index < -0.39 is 6.04 Å². The molecule has 1 aromatic carbocycles. The van der Waals surface area contributed by atoms with Gasteiger partial charge in [-0.2, -0.15) is 0 Å². The molecule has 0 saturated carbocycles. The molecular weight excluding hydrogens is 216 g/mol. The van der Waals surface area contributed by atoms with Crippen molar-refractivity contribution in [1.82, 2.24) is 0 Å². The maximum atomic E-state index is 11.7. The summed E-state index contributed by atoms with van der Waals surface area (Å²) in [5.41, 5.74) is 6.89. The van der Waals surface area contributed by atoms with E-state index in [-0.39, 0.29) is 17.6 Å². The van der Waals surface area contributed by atoms with Crippen LogP contribution < -0.4 is 11.1 Å². The van der Waals surface area contributed by atoms with E-state index in [1.165, 1.54) is 6.92 Å². The third kappa shape index (κ3) is 3.67. The van der Waals surface area contributed by atoms with Crippen molar-refractivity contribution >= 4 is 17.4 Å². The molecule has 0 radical (unpaired) electrons. The van der Waals surface area contributed by atoms with E-state index in [2.05, 4.69) is 5.32 Å². The van der Waals surface area contributed by atoms with E-state index in [4.69, 9.17) is 5.73 Å². The summed E-state index contributed by atoms with van der Waals surface area (Å²) in [4.78, 5) is 22.9. The number of nitrogens with two attached hydrogens (primary N) is 1. The molecule has 0 aliphatic heterocycles. The van der Waals surface area contributed by atoms with Crippen molar-refractivity contribution in [3.8, 4) is 0 Å². The van der Waals surface area contributed by atoms with Crippen LogP contribution >= 0.6 is 0 Å². The molecule has 3 N–H and O–H groups in total. The fourth-order valence-electron chi connectivity index (χ4n) is 1.34. The number of rotatable bonds is 4. The van der Waals surface area contributed by atoms with Crippen molar-refractivity contribution < 1.29 is 9.59 Å². The molecule has 1 rings (SSSR count). The summed E-state index contributed by atoms with van der Waals surface area (Å²) in [6, 6.07) is 6.27. The second kappa shape index (κ2) is 5.59. The first-order chi connectivity index (χ1) is 7.91. The molecule has 0 unspecified atom stereocenters. The topological polar surface area (TPSA) is 72.2 Å². The van der Waals surface area contributed by atoms with Crippen molar-refractivity contribution in [3.63, 3.8) is 0 Å². The number of amides is 1. The first-order valence-electron chi connectivity index (χ1n) is 5.59. The van der Waals surface area contributed by atoms with Crippen LogP contribution in [0.15, 0.2) is 24.3 Å². The summed E-state index contributed by atoms with van der Waals surface area (Å²) < 4.78 is 0. The maximum Gasteiger partial charge on any atom is 0.241 e. The smallest absolute Gasteiger partial charge is 0.241 e. The molecule has 0 heterocycles. The molecule has 4 nitrogen and oxygen atoms in total. The zero-order valence-electron chi connectivity index (χ0n) is 10.4. The fourth-order valence-corrected chi connectivity index (χ4v) is 1.34. The van der Waals surface area contributed by atoms with Gasteiger partial charge in [0.2, 0.25) is 5.91 Å². The molecule has 92 valence electrons. The predicted octanol–water partition coefficient (Wildman–Crippen LogP) is 1.81. The van der Waals surface area contributed by atoms with Gasteiger partial charge < -0.3 is 11.1 Å². The van der Waals surface area contributed by atoms with Crippen molar-refractivity contribution in [1.29, 1.82) is 0 Å². The van der Waals surface area contributed by atoms with Gasteiger partial charge in [0, 0.05) is 11.3 Å². The Hall–Kier alpha value is -1.68. The average Bonchev–Trinajstić information content (AvgIpc) is 2.28. The molecule has 0 aliphatic carbocycles. The minimum Gasteiger partial charge on any atom is -0.325 e. The largest absolute Gasteiger partial charge is 0.325 e. The van der Waals surface area contributed by atoms with Gasteiger partial charge >= 0.3 is 0 Å². The summed E-state index contributed by atoms with van der Waals surface area (Å²) in [6.45, 7) is 5.26. The van der Waals surface area contributed by atoms with Gasteiger partial charge in [0.1, 0.15) is 0 Å². The van der Waals surface area contributed by atoms with Crippen LogP contribution in [0.2, 0.25) is 0 Å². The van der Waals surface area contributed by atoms with Crippen LogP contribution in [0.5, 0.6) is 0 Å². The number of hydrogen-bond donors (Lipinski definition) is 2. The molecule has 0 bridgehead atoms. The van der Waals surface area contributed by atoms with Gasteiger partial charge in [-0.05, 0) is 25.0 Å². The average molecular weight is 234 g/mol. The highest BCUT2D eigenvalue weighted by Crippen LogP contribution is 2.12. The molecule has 17 heavy (non-hydrogen) atoms. The molecule has 0 aliphatic rings. The Morgan fingerprint density at radius 2 is 1.94 bits per heavy atom. The fraction of sp³-hybridized carbons (Fsp3) is 0.385. The SMILES string of the molecule is CC(=O)c1cccc(NC(=O)[C@H](N)C(C)C)c1. The molecule has 0 saturated heterocycles. The van der Waals surface area contributed by atoms with Crippen molar-refractivity contribution in [2.75, 3.05) is 5.32 Å². The lowest BCUT2D eigenvalue weighted by Gasteiger charge is -2.15. The van der Waals surface area contributed by atoms with Crippen LogP contribution in [0.4, 0.5) is 5.69 Å². The zero-order chi connectivity index (χ0) is 13.0. The van der Waals surface area contributed by atoms with Gasteiger partial charge in [-0.1, -0.05) is 26.0 Å². The number of anilines is 1. The summed E-state index contributed by atoms with van der Waals surface area (Å²) in [5, 5.41) is 2.70. The van der Waals surface area contributed by atoms with Crippen LogP contribution in [0, 0.1) is 5.92 Å². The van der Waals surface area contributed by atoms with Crippen molar-refractivity contribution in [2.45, 2.75) is 26.8 Å². The highest BCUT2D eigenvalue weighted by atomic mass is 16.2. The molecular formula is C13H18N2O2. The van der Waals surface area contributed by atoms with E-state index in [0.29, 0.717) is 11.3 Å². The van der Waals surface area contributed by atoms with E-state index in [9.17, 15) is 9.59 Å². The molecule has 4 heteroatoms. The third-order valence-corrected chi connectivity index (χ3v) is 2.56. The van der Waals surface area contributed by atoms with Crippen LogP contribution in [-0.4, -0.2) is 17.7 Å². The first kappa shape index (κ1) is 13.4. The van der Waals surface area contributed by atoms with Gasteiger partial charge in [-0.25, -0.2) is 0 Å². The minimum atomic E-state index is -0.545. The van der Waals surface area contributed by atoms with Crippen molar-refractivity contribution in [2.24, 2.45) is 11.7 Å². The van der Waals surface area contributed by atoms with Crippen molar-refractivity contribution in [3.05, 3.63) is 29.8 Å². The van der Waals surface area contributed by atoms with Gasteiger partial charge in [-0.3, -0.25) is 9.59 Å². The Balaban J connectivity index is 2.78. The normalized spacial score (nSPS) is 12.3. The Bertz CT molecular complexity index is 427. The molecule has 1 aromatic rings. The number of carbonyl (C=O) groups excluding carboxylic acids is 2. The predicted molar refractivity (Wildman–Crippen MR) is 67.9 cm³/mol. The highest BCUT2D eigenvalue weighted by molar-refractivity contribution is 5.98. The zero-order valence-corrected chi connectivity index (χ0v) is 10.4. The monoisotopic (exact) mass is 234 g/mol. The van der Waals surface area contributed by atoms with E-state index in [1.54, 1.807) is 24.3 Å². The van der Waals surface area contributed by atoms with E-state index in [0.717, 1.165) is 0 Å². The third-order valence-electron chi connectivity index (χ3n) is 2.56. The van der Waals surface area contributed by atoms with Gasteiger partial charge in [0.05, 0.1) is 6.04 Å². The summed E-state index contributed by atoms with van der Waals surface area (Å²) in [5.74, 6) is -0.194. The minimum absolute atomic E-state index is 0.0331. The molecule has 0 spiro atoms. The van der Waals surface area contributed by atoms with E-state index >= 15 is 0 Å². The lowest BCUT2D eigenvalue weighted by Crippen LogP contribution is -2.39. The number of nitrogens with one attached hydrogen (secondary N) is 1. The maximum absolute atomic E-state index is 11.7. The second-order valence-corrected chi connectivity index (χ2v) is 4.40. The van der Waals surface area contributed by atoms with Crippen LogP contribution in [0.3, 0.4) is 0 Å². The summed E-state index contributed by atoms with van der Waals surface area (Å²) >= 11 is 0. The van der Waals surface area contributed by atoms with Crippen LogP contribution in [-0.2, 0) is 4.79 Å². The number of ketones is 1. The Kier molecular flexibility index (Phi) is 4.40. The Labute approximate surface area is 101 Å². The number of benzene rings is 1. The van der Waals surface area contributed by atoms with Crippen LogP contribution in [0.25, 0.3) is 0 Å². The molecule has 1 amide bonds. The Morgan fingerprint density at radius 1 is 1.29 bits per heavy atom. The lowest BCUT2D eigenvalue weighted by molar-refractivity contribution is -0.118. The quantitative estimate of drug-likeness (QED) is 0.780.